The molecule has 0 saturated heterocycles. The number of pyridine rings is 1. The Morgan fingerprint density at radius 3 is 2.67 bits per heavy atom. The van der Waals surface area contributed by atoms with Crippen LogP contribution in [0, 0.1) is 13.8 Å². The molecule has 8 nitrogen and oxygen atoms in total. The van der Waals surface area contributed by atoms with Crippen LogP contribution >= 0.6 is 15.9 Å². The van der Waals surface area contributed by atoms with E-state index in [0.717, 1.165) is 10.0 Å². The van der Waals surface area contributed by atoms with Gasteiger partial charge >= 0.3 is 5.97 Å². The Morgan fingerprint density at radius 2 is 2.08 bits per heavy atom. The molecule has 1 unspecified atom stereocenters. The molecule has 2 aromatic rings. The molecular weight excluding hydrogens is 380 g/mol. The zero-order valence-corrected chi connectivity index (χ0v) is 14.8. The molecule has 0 fully saturated rings. The summed E-state index contributed by atoms with van der Waals surface area (Å²) in [6.07, 6.45) is 1.54. The number of fused-ring (bicyclic) bond motifs is 1. The third kappa shape index (κ3) is 3.73. The second kappa shape index (κ2) is 7.00. The molecule has 2 rings (SSSR count). The summed E-state index contributed by atoms with van der Waals surface area (Å²) >= 11 is 3.40. The summed E-state index contributed by atoms with van der Waals surface area (Å²) in [5, 5.41) is 11.6. The van der Waals surface area contributed by atoms with Crippen LogP contribution in [0.1, 0.15) is 34.6 Å². The Kier molecular flexibility index (Phi) is 5.23. The van der Waals surface area contributed by atoms with Crippen LogP contribution in [0.3, 0.4) is 0 Å². The number of hydrogen-bond donors (Lipinski definition) is 3. The highest BCUT2D eigenvalue weighted by atomic mass is 79.9. The number of nitrogens with one attached hydrogen (secondary N) is 1. The summed E-state index contributed by atoms with van der Waals surface area (Å²) in [7, 11) is 0. The average Bonchev–Trinajstić information content (AvgIpc) is 2.79. The minimum absolute atomic E-state index is 0.0745. The van der Waals surface area contributed by atoms with E-state index in [1.54, 1.807) is 17.5 Å². The fourth-order valence-corrected chi connectivity index (χ4v) is 3.03. The third-order valence-electron chi connectivity index (χ3n) is 3.48. The Labute approximate surface area is 146 Å². The fourth-order valence-electron chi connectivity index (χ4n) is 2.39. The number of carboxylic acid groups (broad SMARTS) is 1. The standard InChI is InChI=1S/C15H17BrN4O4/c1-7-5-9(16)13-18-8(2)12(20(13)6-7)14(22)19-10(15(23)24)3-4-11(17)21/h5-6,10H,3-4H2,1-2H3,(H2,17,21)(H,19,22)(H,23,24). The fraction of sp³-hybridized carbons (Fsp3) is 0.333. The maximum absolute atomic E-state index is 12.6. The van der Waals surface area contributed by atoms with Crippen molar-refractivity contribution in [3.8, 4) is 0 Å². The molecule has 4 N–H and O–H groups in total. The number of rotatable bonds is 6. The van der Waals surface area contributed by atoms with Crippen molar-refractivity contribution in [3.05, 3.63) is 33.7 Å². The number of aromatic nitrogens is 2. The monoisotopic (exact) mass is 396 g/mol. The molecule has 128 valence electrons. The Hall–Kier alpha value is -2.42. The lowest BCUT2D eigenvalue weighted by Crippen LogP contribution is -2.42. The van der Waals surface area contributed by atoms with Gasteiger partial charge in [0.2, 0.25) is 5.91 Å². The number of nitrogens with zero attached hydrogens (tertiary/aromatic N) is 2. The van der Waals surface area contributed by atoms with E-state index in [-0.39, 0.29) is 18.5 Å². The van der Waals surface area contributed by atoms with Gasteiger partial charge in [-0.2, -0.15) is 0 Å². The van der Waals surface area contributed by atoms with E-state index in [0.29, 0.717) is 11.3 Å². The molecule has 0 aromatic carbocycles. The normalized spacial score (nSPS) is 12.1. The van der Waals surface area contributed by atoms with E-state index in [1.165, 1.54) is 0 Å². The zero-order chi connectivity index (χ0) is 18.0. The van der Waals surface area contributed by atoms with Crippen molar-refractivity contribution in [2.24, 2.45) is 5.73 Å². The highest BCUT2D eigenvalue weighted by Gasteiger charge is 2.25. The Morgan fingerprint density at radius 1 is 1.42 bits per heavy atom. The van der Waals surface area contributed by atoms with Gasteiger partial charge in [-0.15, -0.1) is 0 Å². The van der Waals surface area contributed by atoms with Gasteiger partial charge < -0.3 is 16.2 Å². The van der Waals surface area contributed by atoms with Crippen LogP contribution in [0.2, 0.25) is 0 Å². The zero-order valence-electron chi connectivity index (χ0n) is 13.2. The molecular formula is C15H17BrN4O4. The Balaban J connectivity index is 2.35. The number of carbonyl (C=O) groups is 3. The molecule has 1 atom stereocenters. The van der Waals surface area contributed by atoms with Gasteiger partial charge in [-0.05, 0) is 47.8 Å². The lowest BCUT2D eigenvalue weighted by atomic mass is 10.1. The molecule has 2 heterocycles. The first-order chi connectivity index (χ1) is 11.2. The van der Waals surface area contributed by atoms with E-state index in [4.69, 9.17) is 5.73 Å². The second-order valence-electron chi connectivity index (χ2n) is 5.47. The molecule has 0 bridgehead atoms. The largest absolute Gasteiger partial charge is 0.480 e. The third-order valence-corrected chi connectivity index (χ3v) is 4.07. The molecule has 2 amide bonds. The molecule has 0 saturated carbocycles. The first-order valence-electron chi connectivity index (χ1n) is 7.17. The van der Waals surface area contributed by atoms with Gasteiger partial charge in [0.1, 0.15) is 11.7 Å². The minimum atomic E-state index is -1.23. The van der Waals surface area contributed by atoms with Gasteiger partial charge in [0.05, 0.1) is 10.2 Å². The predicted octanol–water partition coefficient (Wildman–Crippen LogP) is 1.16. The van der Waals surface area contributed by atoms with Crippen LogP contribution in [0.15, 0.2) is 16.7 Å². The van der Waals surface area contributed by atoms with Crippen molar-refractivity contribution in [2.45, 2.75) is 32.7 Å². The van der Waals surface area contributed by atoms with Crippen LogP contribution < -0.4 is 11.1 Å². The number of carbonyl (C=O) groups excluding carboxylic acids is 2. The highest BCUT2D eigenvalue weighted by molar-refractivity contribution is 9.10. The smallest absolute Gasteiger partial charge is 0.326 e. The summed E-state index contributed by atoms with van der Waals surface area (Å²) in [6.45, 7) is 3.54. The van der Waals surface area contributed by atoms with Crippen LogP contribution in [0.5, 0.6) is 0 Å². The van der Waals surface area contributed by atoms with Gasteiger partial charge in [-0.25, -0.2) is 9.78 Å². The molecule has 24 heavy (non-hydrogen) atoms. The Bertz CT molecular complexity index is 830. The summed E-state index contributed by atoms with van der Waals surface area (Å²) in [4.78, 5) is 39.0. The molecule has 0 radical (unpaired) electrons. The molecule has 0 spiro atoms. The minimum Gasteiger partial charge on any atom is -0.480 e. The average molecular weight is 397 g/mol. The molecule has 0 aliphatic heterocycles. The quantitative estimate of drug-likeness (QED) is 0.674. The lowest BCUT2D eigenvalue weighted by Gasteiger charge is -2.14. The van der Waals surface area contributed by atoms with Gasteiger partial charge in [0, 0.05) is 12.6 Å². The van der Waals surface area contributed by atoms with Crippen molar-refractivity contribution < 1.29 is 19.5 Å². The van der Waals surface area contributed by atoms with Crippen molar-refractivity contribution in [1.29, 1.82) is 0 Å². The number of nitrogens with two attached hydrogens (primary N) is 1. The van der Waals surface area contributed by atoms with Crippen molar-refractivity contribution in [3.63, 3.8) is 0 Å². The van der Waals surface area contributed by atoms with E-state index < -0.39 is 23.8 Å². The van der Waals surface area contributed by atoms with Gasteiger partial charge in [-0.1, -0.05) is 0 Å². The maximum Gasteiger partial charge on any atom is 0.326 e. The van der Waals surface area contributed by atoms with Gasteiger partial charge in [-0.3, -0.25) is 14.0 Å². The van der Waals surface area contributed by atoms with E-state index in [2.05, 4.69) is 26.2 Å². The number of primary amides is 1. The topological polar surface area (TPSA) is 127 Å². The number of carboxylic acids is 1. The van der Waals surface area contributed by atoms with Crippen molar-refractivity contribution >= 4 is 39.4 Å². The first kappa shape index (κ1) is 17.9. The number of hydrogen-bond acceptors (Lipinski definition) is 4. The van der Waals surface area contributed by atoms with Gasteiger partial charge in [0.25, 0.3) is 5.91 Å². The molecule has 0 aliphatic rings. The number of aliphatic carboxylic acids is 1. The summed E-state index contributed by atoms with van der Waals surface area (Å²) in [6, 6.07) is 0.666. The van der Waals surface area contributed by atoms with Gasteiger partial charge in [0.15, 0.2) is 5.65 Å². The maximum atomic E-state index is 12.6. The lowest BCUT2D eigenvalue weighted by molar-refractivity contribution is -0.139. The van der Waals surface area contributed by atoms with Crippen molar-refractivity contribution in [2.75, 3.05) is 0 Å². The number of aryl methyl sites for hydroxylation is 2. The summed E-state index contributed by atoms with van der Waals surface area (Å²) < 4.78 is 2.34. The SMILES string of the molecule is Cc1cc(Br)c2nc(C)c(C(=O)NC(CCC(N)=O)C(=O)O)n2c1. The van der Waals surface area contributed by atoms with E-state index in [9.17, 15) is 19.5 Å². The number of imidazole rings is 1. The number of amides is 2. The van der Waals surface area contributed by atoms with E-state index >= 15 is 0 Å². The van der Waals surface area contributed by atoms with Crippen LogP contribution in [-0.2, 0) is 9.59 Å². The van der Waals surface area contributed by atoms with Crippen LogP contribution in [0.4, 0.5) is 0 Å². The second-order valence-corrected chi connectivity index (χ2v) is 6.33. The molecule has 9 heteroatoms. The first-order valence-corrected chi connectivity index (χ1v) is 7.96. The predicted molar refractivity (Wildman–Crippen MR) is 89.7 cm³/mol. The van der Waals surface area contributed by atoms with E-state index in [1.807, 2.05) is 13.0 Å². The summed E-state index contributed by atoms with van der Waals surface area (Å²) in [5.74, 6) is -2.43. The molecule has 2 aromatic heterocycles. The number of halogens is 1. The van der Waals surface area contributed by atoms with Crippen molar-refractivity contribution in [1.82, 2.24) is 14.7 Å². The van der Waals surface area contributed by atoms with Crippen LogP contribution in [-0.4, -0.2) is 38.3 Å². The van der Waals surface area contributed by atoms with Crippen LogP contribution in [0.25, 0.3) is 5.65 Å². The highest BCUT2D eigenvalue weighted by Crippen LogP contribution is 2.22. The summed E-state index contributed by atoms with van der Waals surface area (Å²) in [5.41, 5.74) is 7.22. The molecule has 0 aliphatic carbocycles.